The predicted octanol–water partition coefficient (Wildman–Crippen LogP) is 6.49. The van der Waals surface area contributed by atoms with Crippen LogP contribution < -0.4 is 0 Å². The first-order valence-corrected chi connectivity index (χ1v) is 10.6. The summed E-state index contributed by atoms with van der Waals surface area (Å²) in [6.45, 7) is 8.35. The largest absolute Gasteiger partial charge is 0.478 e. The maximum absolute atomic E-state index is 12.1. The van der Waals surface area contributed by atoms with Crippen molar-refractivity contribution in [3.8, 4) is 22.3 Å². The number of rotatable bonds is 7. The molecule has 0 saturated heterocycles. The highest BCUT2D eigenvalue weighted by molar-refractivity contribution is 6.04. The van der Waals surface area contributed by atoms with Crippen molar-refractivity contribution < 1.29 is 19.8 Å². The quantitative estimate of drug-likeness (QED) is 0.462. The molecule has 0 aliphatic carbocycles. The third-order valence-corrected chi connectivity index (χ3v) is 5.59. The molecule has 0 fully saturated rings. The maximum Gasteiger partial charge on any atom is 0.336 e. The number of aromatic carboxylic acids is 2. The number of hydrogen-bond donors (Lipinski definition) is 2. The van der Waals surface area contributed by atoms with E-state index in [1.54, 1.807) is 24.3 Å². The van der Waals surface area contributed by atoms with Crippen LogP contribution in [0.1, 0.15) is 58.2 Å². The van der Waals surface area contributed by atoms with E-state index in [4.69, 9.17) is 0 Å². The van der Waals surface area contributed by atoms with E-state index < -0.39 is 11.9 Å². The summed E-state index contributed by atoms with van der Waals surface area (Å²) in [5.74, 6) is -1.64. The zero-order valence-corrected chi connectivity index (χ0v) is 18.4. The second-order valence-corrected chi connectivity index (χ2v) is 8.23. The lowest BCUT2D eigenvalue weighted by Gasteiger charge is -2.24. The molecular formula is C27H28O4. The summed E-state index contributed by atoms with van der Waals surface area (Å²) in [4.78, 5) is 24.2. The van der Waals surface area contributed by atoms with Crippen LogP contribution in [0.2, 0.25) is 0 Å². The molecule has 3 rings (SSSR count). The van der Waals surface area contributed by atoms with Gasteiger partial charge in [0, 0.05) is 0 Å². The number of carboxylic acids is 2. The zero-order valence-electron chi connectivity index (χ0n) is 18.4. The molecular weight excluding hydrogens is 388 g/mol. The standard InChI is InChI=1S/C27H28O4/c1-5-18-15-17(4)23(14-16(2)3)25(20-11-7-9-13-22(20)27(30)31)24(18)19-10-6-8-12-21(19)26(28)29/h6-13,15-16H,5,14H2,1-4H3,(H,28,29)(H,30,31). The molecule has 160 valence electrons. The van der Waals surface area contributed by atoms with E-state index in [-0.39, 0.29) is 11.1 Å². The molecule has 2 N–H and O–H groups in total. The topological polar surface area (TPSA) is 74.6 Å². The Morgan fingerprint density at radius 2 is 1.32 bits per heavy atom. The van der Waals surface area contributed by atoms with E-state index in [9.17, 15) is 19.8 Å². The Hall–Kier alpha value is -3.40. The number of hydrogen-bond acceptors (Lipinski definition) is 2. The predicted molar refractivity (Wildman–Crippen MR) is 124 cm³/mol. The Labute approximate surface area is 183 Å². The first-order chi connectivity index (χ1) is 14.8. The van der Waals surface area contributed by atoms with Crippen LogP contribution in [-0.4, -0.2) is 22.2 Å². The van der Waals surface area contributed by atoms with Crippen LogP contribution in [0.4, 0.5) is 0 Å². The van der Waals surface area contributed by atoms with Gasteiger partial charge in [0.25, 0.3) is 0 Å². The van der Waals surface area contributed by atoms with Gasteiger partial charge >= 0.3 is 11.9 Å². The molecule has 0 unspecified atom stereocenters. The minimum Gasteiger partial charge on any atom is -0.478 e. The lowest BCUT2D eigenvalue weighted by molar-refractivity contribution is 0.0686. The molecule has 0 atom stereocenters. The Morgan fingerprint density at radius 3 is 1.77 bits per heavy atom. The molecule has 0 aliphatic rings. The molecule has 0 spiro atoms. The van der Waals surface area contributed by atoms with Gasteiger partial charge < -0.3 is 10.2 Å². The van der Waals surface area contributed by atoms with Gasteiger partial charge in [0.15, 0.2) is 0 Å². The second kappa shape index (κ2) is 9.17. The number of aryl methyl sites for hydroxylation is 2. The van der Waals surface area contributed by atoms with Crippen molar-refractivity contribution in [1.82, 2.24) is 0 Å². The molecule has 3 aromatic rings. The molecule has 0 amide bonds. The fraction of sp³-hybridized carbons (Fsp3) is 0.259. The van der Waals surface area contributed by atoms with Gasteiger partial charge in [-0.15, -0.1) is 0 Å². The van der Waals surface area contributed by atoms with Crippen molar-refractivity contribution in [2.45, 2.75) is 40.5 Å². The van der Waals surface area contributed by atoms with E-state index in [0.29, 0.717) is 23.5 Å². The fourth-order valence-corrected chi connectivity index (χ4v) is 4.26. The first-order valence-electron chi connectivity index (χ1n) is 10.6. The van der Waals surface area contributed by atoms with Crippen molar-refractivity contribution in [3.05, 3.63) is 82.4 Å². The van der Waals surface area contributed by atoms with Gasteiger partial charge in [-0.3, -0.25) is 0 Å². The SMILES string of the molecule is CCc1cc(C)c(CC(C)C)c(-c2ccccc2C(=O)O)c1-c1ccccc1C(=O)O. The summed E-state index contributed by atoms with van der Waals surface area (Å²) >= 11 is 0. The molecule has 0 heterocycles. The highest BCUT2D eigenvalue weighted by atomic mass is 16.4. The lowest BCUT2D eigenvalue weighted by atomic mass is 9.79. The summed E-state index contributed by atoms with van der Waals surface area (Å²) in [5, 5.41) is 19.8. The zero-order chi connectivity index (χ0) is 22.7. The molecule has 0 aliphatic heterocycles. The Bertz CT molecular complexity index is 1140. The first kappa shape index (κ1) is 22.3. The highest BCUT2D eigenvalue weighted by Gasteiger charge is 2.25. The van der Waals surface area contributed by atoms with E-state index in [1.165, 1.54) is 0 Å². The average Bonchev–Trinajstić information content (AvgIpc) is 2.74. The molecule has 4 heteroatoms. The smallest absolute Gasteiger partial charge is 0.336 e. The third-order valence-electron chi connectivity index (χ3n) is 5.59. The van der Waals surface area contributed by atoms with Crippen molar-refractivity contribution >= 4 is 11.9 Å². The van der Waals surface area contributed by atoms with Gasteiger partial charge in [-0.05, 0) is 76.8 Å². The summed E-state index contributed by atoms with van der Waals surface area (Å²) in [6, 6.07) is 16.1. The molecule has 0 radical (unpaired) electrons. The summed E-state index contributed by atoms with van der Waals surface area (Å²) in [5.41, 5.74) is 6.49. The van der Waals surface area contributed by atoms with Gasteiger partial charge in [0.1, 0.15) is 0 Å². The van der Waals surface area contributed by atoms with E-state index in [2.05, 4.69) is 26.8 Å². The fourth-order valence-electron chi connectivity index (χ4n) is 4.26. The summed E-state index contributed by atoms with van der Waals surface area (Å²) in [7, 11) is 0. The van der Waals surface area contributed by atoms with E-state index in [0.717, 1.165) is 34.2 Å². The van der Waals surface area contributed by atoms with Gasteiger partial charge in [-0.25, -0.2) is 9.59 Å². The second-order valence-electron chi connectivity index (χ2n) is 8.23. The third kappa shape index (κ3) is 4.38. The van der Waals surface area contributed by atoms with Gasteiger partial charge in [0.05, 0.1) is 11.1 Å². The maximum atomic E-state index is 12.1. The molecule has 31 heavy (non-hydrogen) atoms. The Kier molecular flexibility index (Phi) is 6.59. The van der Waals surface area contributed by atoms with E-state index >= 15 is 0 Å². The lowest BCUT2D eigenvalue weighted by Crippen LogP contribution is -2.09. The van der Waals surface area contributed by atoms with Crippen LogP contribution >= 0.6 is 0 Å². The summed E-state index contributed by atoms with van der Waals surface area (Å²) < 4.78 is 0. The van der Waals surface area contributed by atoms with Crippen LogP contribution in [0.15, 0.2) is 54.6 Å². The molecule has 4 nitrogen and oxygen atoms in total. The Morgan fingerprint density at radius 1 is 0.839 bits per heavy atom. The van der Waals surface area contributed by atoms with Crippen LogP contribution in [0.5, 0.6) is 0 Å². The van der Waals surface area contributed by atoms with Crippen molar-refractivity contribution in [2.75, 3.05) is 0 Å². The molecule has 0 aromatic heterocycles. The highest BCUT2D eigenvalue weighted by Crippen LogP contribution is 2.43. The molecule has 3 aromatic carbocycles. The number of carboxylic acid groups (broad SMARTS) is 2. The molecule has 0 bridgehead atoms. The molecule has 0 saturated carbocycles. The summed E-state index contributed by atoms with van der Waals surface area (Å²) in [6.07, 6.45) is 1.47. The number of benzene rings is 3. The van der Waals surface area contributed by atoms with E-state index in [1.807, 2.05) is 31.2 Å². The minimum atomic E-state index is -0.999. The normalized spacial score (nSPS) is 11.0. The van der Waals surface area contributed by atoms with Gasteiger partial charge in [-0.1, -0.05) is 63.2 Å². The van der Waals surface area contributed by atoms with Crippen LogP contribution in [0.25, 0.3) is 22.3 Å². The monoisotopic (exact) mass is 416 g/mol. The minimum absolute atomic E-state index is 0.214. The van der Waals surface area contributed by atoms with Crippen molar-refractivity contribution in [2.24, 2.45) is 5.92 Å². The van der Waals surface area contributed by atoms with Crippen molar-refractivity contribution in [1.29, 1.82) is 0 Å². The van der Waals surface area contributed by atoms with Crippen molar-refractivity contribution in [3.63, 3.8) is 0 Å². The number of carbonyl (C=O) groups is 2. The van der Waals surface area contributed by atoms with Crippen LogP contribution in [-0.2, 0) is 12.8 Å². The van der Waals surface area contributed by atoms with Gasteiger partial charge in [-0.2, -0.15) is 0 Å². The van der Waals surface area contributed by atoms with Crippen LogP contribution in [0.3, 0.4) is 0 Å². The van der Waals surface area contributed by atoms with Crippen LogP contribution in [0, 0.1) is 12.8 Å². The van der Waals surface area contributed by atoms with Gasteiger partial charge in [0.2, 0.25) is 0 Å². The Balaban J connectivity index is 2.55. The average molecular weight is 417 g/mol.